The topological polar surface area (TPSA) is 103 Å². The Hall–Kier alpha value is -2.44. The number of methoxy groups -OCH3 is 1. The SMILES string of the molecule is COc1ccc(S(=O)(=O)N(CC(C)C)C[C@@H](O[Si](C)(C)C(C)(C)C)[C@H](COCc2ccccc2)NC(=O)OC(C)(C)C)cc1. The maximum atomic E-state index is 14.1. The summed E-state index contributed by atoms with van der Waals surface area (Å²) in [5, 5.41) is 2.80. The molecule has 0 saturated carbocycles. The number of amides is 1. The van der Waals surface area contributed by atoms with Crippen LogP contribution in [0.5, 0.6) is 5.75 Å². The molecule has 0 aliphatic carbocycles. The number of alkyl carbamates (subject to hydrolysis) is 1. The number of ether oxygens (including phenoxy) is 3. The molecule has 0 radical (unpaired) electrons. The van der Waals surface area contributed by atoms with E-state index in [1.807, 2.05) is 44.2 Å². The van der Waals surface area contributed by atoms with Crippen molar-refractivity contribution >= 4 is 24.4 Å². The molecular formula is C33H54N2O7SSi. The molecule has 248 valence electrons. The van der Waals surface area contributed by atoms with Gasteiger partial charge in [0.2, 0.25) is 10.0 Å². The van der Waals surface area contributed by atoms with Crippen molar-refractivity contribution in [2.45, 2.75) is 103 Å². The molecule has 0 spiro atoms. The Morgan fingerprint density at radius 1 is 0.932 bits per heavy atom. The fraction of sp³-hybridized carbons (Fsp3) is 0.606. The van der Waals surface area contributed by atoms with E-state index in [0.29, 0.717) is 12.4 Å². The Morgan fingerprint density at radius 2 is 1.52 bits per heavy atom. The molecule has 0 unspecified atom stereocenters. The highest BCUT2D eigenvalue weighted by atomic mass is 32.2. The predicted molar refractivity (Wildman–Crippen MR) is 178 cm³/mol. The highest BCUT2D eigenvalue weighted by molar-refractivity contribution is 7.89. The lowest BCUT2D eigenvalue weighted by molar-refractivity contribution is 0.0182. The molecule has 0 aliphatic rings. The number of carbonyl (C=O) groups is 1. The highest BCUT2D eigenvalue weighted by Gasteiger charge is 2.43. The zero-order valence-electron chi connectivity index (χ0n) is 28.5. The van der Waals surface area contributed by atoms with Crippen molar-refractivity contribution in [1.29, 1.82) is 0 Å². The Labute approximate surface area is 266 Å². The summed E-state index contributed by atoms with van der Waals surface area (Å²) in [7, 11) is -4.87. The van der Waals surface area contributed by atoms with Crippen LogP contribution >= 0.6 is 0 Å². The predicted octanol–water partition coefficient (Wildman–Crippen LogP) is 6.84. The number of sulfonamides is 1. The van der Waals surface area contributed by atoms with Gasteiger partial charge in [-0.05, 0) is 74.7 Å². The van der Waals surface area contributed by atoms with E-state index in [2.05, 4.69) is 39.2 Å². The van der Waals surface area contributed by atoms with Crippen LogP contribution in [-0.4, -0.2) is 71.7 Å². The van der Waals surface area contributed by atoms with Crippen LogP contribution in [0.4, 0.5) is 4.79 Å². The molecule has 0 aliphatic heterocycles. The minimum Gasteiger partial charge on any atom is -0.497 e. The van der Waals surface area contributed by atoms with E-state index in [1.54, 1.807) is 45.0 Å². The summed E-state index contributed by atoms with van der Waals surface area (Å²) in [4.78, 5) is 13.3. The first-order valence-corrected chi connectivity index (χ1v) is 19.5. The van der Waals surface area contributed by atoms with E-state index < -0.39 is 42.2 Å². The second kappa shape index (κ2) is 15.7. The van der Waals surface area contributed by atoms with Gasteiger partial charge in [-0.2, -0.15) is 4.31 Å². The fourth-order valence-electron chi connectivity index (χ4n) is 4.16. The van der Waals surface area contributed by atoms with Gasteiger partial charge in [-0.1, -0.05) is 65.0 Å². The van der Waals surface area contributed by atoms with Crippen molar-refractivity contribution < 1.29 is 31.8 Å². The average molecular weight is 651 g/mol. The lowest BCUT2D eigenvalue weighted by Gasteiger charge is -2.43. The van der Waals surface area contributed by atoms with Crippen LogP contribution < -0.4 is 10.1 Å². The number of nitrogens with one attached hydrogen (secondary N) is 1. The van der Waals surface area contributed by atoms with Crippen LogP contribution in [-0.2, 0) is 30.5 Å². The summed E-state index contributed by atoms with van der Waals surface area (Å²) in [6.07, 6.45) is -1.35. The number of hydrogen-bond acceptors (Lipinski definition) is 7. The molecule has 0 saturated heterocycles. The van der Waals surface area contributed by atoms with Gasteiger partial charge in [0.25, 0.3) is 0 Å². The molecule has 0 bridgehead atoms. The van der Waals surface area contributed by atoms with Crippen LogP contribution in [0.3, 0.4) is 0 Å². The summed E-state index contributed by atoms with van der Waals surface area (Å²) >= 11 is 0. The summed E-state index contributed by atoms with van der Waals surface area (Å²) < 4.78 is 53.6. The molecule has 0 aromatic heterocycles. The van der Waals surface area contributed by atoms with Crippen LogP contribution in [0.1, 0.15) is 61.0 Å². The normalized spacial score (nSPS) is 14.4. The molecule has 11 heteroatoms. The minimum atomic E-state index is -3.93. The van der Waals surface area contributed by atoms with Gasteiger partial charge in [0, 0.05) is 13.1 Å². The van der Waals surface area contributed by atoms with Crippen molar-refractivity contribution in [3.8, 4) is 5.75 Å². The van der Waals surface area contributed by atoms with Crippen LogP contribution in [0.25, 0.3) is 0 Å². The van der Waals surface area contributed by atoms with Crippen LogP contribution in [0.2, 0.25) is 18.1 Å². The van der Waals surface area contributed by atoms with Crippen molar-refractivity contribution in [1.82, 2.24) is 9.62 Å². The molecule has 44 heavy (non-hydrogen) atoms. The quantitative estimate of drug-likeness (QED) is 0.211. The third-order valence-electron chi connectivity index (χ3n) is 7.46. The maximum Gasteiger partial charge on any atom is 0.408 e. The highest BCUT2D eigenvalue weighted by Crippen LogP contribution is 2.38. The third-order valence-corrected chi connectivity index (χ3v) is 13.8. The molecule has 2 aromatic carbocycles. The smallest absolute Gasteiger partial charge is 0.408 e. The Balaban J connectivity index is 2.55. The molecule has 2 atom stereocenters. The summed E-state index contributed by atoms with van der Waals surface area (Å²) in [6, 6.07) is 15.4. The number of carbonyl (C=O) groups excluding carboxylic acids is 1. The molecule has 1 amide bonds. The third kappa shape index (κ3) is 11.8. The van der Waals surface area contributed by atoms with Gasteiger partial charge >= 0.3 is 6.09 Å². The van der Waals surface area contributed by atoms with Gasteiger partial charge in [0.1, 0.15) is 11.4 Å². The first-order chi connectivity index (χ1) is 20.2. The van der Waals surface area contributed by atoms with Gasteiger partial charge < -0.3 is 24.0 Å². The largest absolute Gasteiger partial charge is 0.497 e. The second-order valence-corrected chi connectivity index (χ2v) is 20.8. The van der Waals surface area contributed by atoms with E-state index >= 15 is 0 Å². The lowest BCUT2D eigenvalue weighted by Crippen LogP contribution is -2.58. The second-order valence-electron chi connectivity index (χ2n) is 14.1. The number of rotatable bonds is 15. The molecular weight excluding hydrogens is 597 g/mol. The first kappa shape index (κ1) is 37.7. The molecule has 1 N–H and O–H groups in total. The standard InChI is InChI=1S/C33H54N2O7SSi/c1-25(2)21-35(43(37,38)28-19-17-27(39-9)18-20-28)22-30(42-44(10,11)33(6,7)8)29(34-31(36)41-32(3,4)5)24-40-23-26-15-13-12-14-16-26/h12-20,25,29-30H,21-24H2,1-11H3,(H,34,36)/t29-,30+/m0/s1. The maximum absolute atomic E-state index is 14.1. The van der Waals surface area contributed by atoms with E-state index in [1.165, 1.54) is 11.4 Å². The molecule has 2 aromatic rings. The van der Waals surface area contributed by atoms with Gasteiger partial charge in [-0.15, -0.1) is 0 Å². The van der Waals surface area contributed by atoms with Crippen molar-refractivity contribution in [3.63, 3.8) is 0 Å². The first-order valence-electron chi connectivity index (χ1n) is 15.2. The van der Waals surface area contributed by atoms with Crippen LogP contribution in [0, 0.1) is 5.92 Å². The van der Waals surface area contributed by atoms with E-state index in [-0.39, 0.29) is 35.5 Å². The van der Waals surface area contributed by atoms with Gasteiger partial charge in [0.05, 0.1) is 37.4 Å². The van der Waals surface area contributed by atoms with Crippen molar-refractivity contribution in [3.05, 3.63) is 60.2 Å². The van der Waals surface area contributed by atoms with Gasteiger partial charge in [-0.3, -0.25) is 0 Å². The summed E-state index contributed by atoms with van der Waals surface area (Å²) in [6.45, 7) is 20.6. The zero-order chi connectivity index (χ0) is 33.3. The molecule has 9 nitrogen and oxygen atoms in total. The van der Waals surface area contributed by atoms with Crippen molar-refractivity contribution in [2.75, 3.05) is 26.8 Å². The molecule has 2 rings (SSSR count). The fourth-order valence-corrected chi connectivity index (χ4v) is 7.12. The lowest BCUT2D eigenvalue weighted by atomic mass is 10.1. The minimum absolute atomic E-state index is 0.00815. The number of hydrogen-bond donors (Lipinski definition) is 1. The summed E-state index contributed by atoms with van der Waals surface area (Å²) in [5.41, 5.74) is 0.255. The van der Waals surface area contributed by atoms with Crippen LogP contribution in [0.15, 0.2) is 59.5 Å². The Morgan fingerprint density at radius 3 is 2.02 bits per heavy atom. The van der Waals surface area contributed by atoms with E-state index in [9.17, 15) is 13.2 Å². The van der Waals surface area contributed by atoms with Gasteiger partial charge in [0.15, 0.2) is 8.32 Å². The number of nitrogens with zero attached hydrogens (tertiary/aromatic N) is 1. The monoisotopic (exact) mass is 650 g/mol. The van der Waals surface area contributed by atoms with Gasteiger partial charge in [-0.25, -0.2) is 13.2 Å². The van der Waals surface area contributed by atoms with E-state index in [0.717, 1.165) is 5.56 Å². The van der Waals surface area contributed by atoms with E-state index in [4.69, 9.17) is 18.6 Å². The Kier molecular flexibility index (Phi) is 13.5. The number of benzene rings is 2. The Bertz CT molecular complexity index is 1270. The summed E-state index contributed by atoms with van der Waals surface area (Å²) in [5.74, 6) is 0.596. The average Bonchev–Trinajstić information content (AvgIpc) is 2.90. The van der Waals surface area contributed by atoms with Crippen molar-refractivity contribution in [2.24, 2.45) is 5.92 Å². The molecule has 0 fully saturated rings. The zero-order valence-corrected chi connectivity index (χ0v) is 30.3. The molecule has 0 heterocycles.